The Kier molecular flexibility index (Phi) is 4.97. The number of aliphatic hydroxyl groups excluding tert-OH is 1. The Balaban J connectivity index is 2.42. The zero-order valence-electron chi connectivity index (χ0n) is 10.5. The van der Waals surface area contributed by atoms with Crippen LogP contribution in [0.5, 0.6) is 5.75 Å². The molecule has 0 aliphatic heterocycles. The number of amides is 1. The predicted molar refractivity (Wildman–Crippen MR) is 66.1 cm³/mol. The van der Waals surface area contributed by atoms with Crippen molar-refractivity contribution in [1.29, 1.82) is 0 Å². The summed E-state index contributed by atoms with van der Waals surface area (Å²) in [6.45, 7) is 5.78. The molecule has 1 atom stereocenters. The Morgan fingerprint density at radius 3 is 2.76 bits per heavy atom. The van der Waals surface area contributed by atoms with E-state index in [0.717, 1.165) is 11.1 Å². The highest BCUT2D eigenvalue weighted by molar-refractivity contribution is 5.77. The van der Waals surface area contributed by atoms with Gasteiger partial charge in [0.15, 0.2) is 6.61 Å². The van der Waals surface area contributed by atoms with Gasteiger partial charge in [-0.3, -0.25) is 4.79 Å². The van der Waals surface area contributed by atoms with Crippen LogP contribution in [0.3, 0.4) is 0 Å². The van der Waals surface area contributed by atoms with Gasteiger partial charge in [-0.1, -0.05) is 17.7 Å². The molecule has 0 saturated heterocycles. The zero-order valence-corrected chi connectivity index (χ0v) is 10.5. The number of aliphatic hydroxyl groups is 1. The maximum Gasteiger partial charge on any atom is 0.258 e. The molecule has 0 spiro atoms. The fourth-order valence-corrected chi connectivity index (χ4v) is 1.42. The molecule has 0 aliphatic carbocycles. The average Bonchev–Trinajstić information content (AvgIpc) is 2.25. The van der Waals surface area contributed by atoms with Crippen LogP contribution >= 0.6 is 0 Å². The van der Waals surface area contributed by atoms with Crippen molar-refractivity contribution in [3.63, 3.8) is 0 Å². The molecule has 4 nitrogen and oxygen atoms in total. The van der Waals surface area contributed by atoms with Crippen molar-refractivity contribution in [2.75, 3.05) is 13.2 Å². The lowest BCUT2D eigenvalue weighted by molar-refractivity contribution is -0.123. The van der Waals surface area contributed by atoms with Gasteiger partial charge >= 0.3 is 0 Å². The van der Waals surface area contributed by atoms with Gasteiger partial charge in [0.05, 0.1) is 6.10 Å². The Bertz CT molecular complexity index is 388. The van der Waals surface area contributed by atoms with Crippen molar-refractivity contribution in [3.8, 4) is 5.75 Å². The summed E-state index contributed by atoms with van der Waals surface area (Å²) in [5, 5.41) is 11.6. The minimum Gasteiger partial charge on any atom is -0.484 e. The van der Waals surface area contributed by atoms with E-state index in [4.69, 9.17) is 9.84 Å². The molecular weight excluding hydrogens is 218 g/mol. The van der Waals surface area contributed by atoms with Gasteiger partial charge in [-0.25, -0.2) is 0 Å². The van der Waals surface area contributed by atoms with E-state index in [1.807, 2.05) is 32.0 Å². The van der Waals surface area contributed by atoms with E-state index in [0.29, 0.717) is 5.75 Å². The normalized spacial score (nSPS) is 12.0. The van der Waals surface area contributed by atoms with Gasteiger partial charge in [0.1, 0.15) is 5.75 Å². The predicted octanol–water partition coefficient (Wildman–Crippen LogP) is 1.18. The first-order valence-corrected chi connectivity index (χ1v) is 5.64. The molecule has 4 heteroatoms. The van der Waals surface area contributed by atoms with Gasteiger partial charge in [0.2, 0.25) is 0 Å². The van der Waals surface area contributed by atoms with Crippen LogP contribution in [-0.2, 0) is 4.79 Å². The van der Waals surface area contributed by atoms with E-state index in [2.05, 4.69) is 5.32 Å². The number of hydrogen-bond acceptors (Lipinski definition) is 3. The highest BCUT2D eigenvalue weighted by Gasteiger charge is 2.05. The van der Waals surface area contributed by atoms with Gasteiger partial charge in [0.25, 0.3) is 5.91 Å². The first kappa shape index (κ1) is 13.5. The summed E-state index contributed by atoms with van der Waals surface area (Å²) >= 11 is 0. The van der Waals surface area contributed by atoms with Crippen LogP contribution in [0.25, 0.3) is 0 Å². The van der Waals surface area contributed by atoms with E-state index in [9.17, 15) is 4.79 Å². The Morgan fingerprint density at radius 1 is 1.47 bits per heavy atom. The van der Waals surface area contributed by atoms with Crippen molar-refractivity contribution in [2.45, 2.75) is 26.9 Å². The van der Waals surface area contributed by atoms with Crippen LogP contribution in [0.15, 0.2) is 18.2 Å². The summed E-state index contributed by atoms with van der Waals surface area (Å²) in [6.07, 6.45) is -0.542. The third-order valence-corrected chi connectivity index (χ3v) is 2.28. The lowest BCUT2D eigenvalue weighted by Gasteiger charge is -2.10. The molecule has 17 heavy (non-hydrogen) atoms. The summed E-state index contributed by atoms with van der Waals surface area (Å²) in [7, 11) is 0. The molecule has 0 heterocycles. The largest absolute Gasteiger partial charge is 0.484 e. The number of nitrogens with one attached hydrogen (secondary N) is 1. The van der Waals surface area contributed by atoms with Crippen molar-refractivity contribution in [2.24, 2.45) is 0 Å². The second-order valence-corrected chi connectivity index (χ2v) is 4.21. The van der Waals surface area contributed by atoms with Gasteiger partial charge in [-0.05, 0) is 32.4 Å². The molecule has 1 rings (SSSR count). The van der Waals surface area contributed by atoms with Crippen LogP contribution in [0.4, 0.5) is 0 Å². The van der Waals surface area contributed by atoms with Crippen LogP contribution in [0.1, 0.15) is 18.1 Å². The maximum absolute atomic E-state index is 11.4. The Morgan fingerprint density at radius 2 is 2.18 bits per heavy atom. The molecule has 94 valence electrons. The monoisotopic (exact) mass is 237 g/mol. The highest BCUT2D eigenvalue weighted by atomic mass is 16.5. The van der Waals surface area contributed by atoms with Crippen molar-refractivity contribution >= 4 is 5.91 Å². The molecular formula is C13H19NO3. The maximum atomic E-state index is 11.4. The molecule has 0 fully saturated rings. The van der Waals surface area contributed by atoms with Gasteiger partial charge in [-0.15, -0.1) is 0 Å². The summed E-state index contributed by atoms with van der Waals surface area (Å²) < 4.78 is 5.39. The van der Waals surface area contributed by atoms with E-state index in [1.54, 1.807) is 6.92 Å². The molecule has 0 radical (unpaired) electrons. The standard InChI is InChI=1S/C13H19NO3/c1-9-4-5-12(10(2)6-9)17-8-13(16)14-7-11(3)15/h4-6,11,15H,7-8H2,1-3H3,(H,14,16). The average molecular weight is 237 g/mol. The third kappa shape index (κ3) is 4.87. The van der Waals surface area contributed by atoms with Crippen molar-refractivity contribution in [1.82, 2.24) is 5.32 Å². The summed E-state index contributed by atoms with van der Waals surface area (Å²) in [6, 6.07) is 5.80. The molecule has 1 aromatic carbocycles. The Labute approximate surface area is 102 Å². The molecule has 1 unspecified atom stereocenters. The minimum atomic E-state index is -0.542. The van der Waals surface area contributed by atoms with Crippen LogP contribution in [0, 0.1) is 13.8 Å². The zero-order chi connectivity index (χ0) is 12.8. The first-order chi connectivity index (χ1) is 7.99. The summed E-state index contributed by atoms with van der Waals surface area (Å²) in [5.41, 5.74) is 2.17. The lowest BCUT2D eigenvalue weighted by Crippen LogP contribution is -2.34. The number of hydrogen-bond donors (Lipinski definition) is 2. The molecule has 0 saturated carbocycles. The van der Waals surface area contributed by atoms with Crippen molar-refractivity contribution < 1.29 is 14.6 Å². The van der Waals surface area contributed by atoms with E-state index >= 15 is 0 Å². The fourth-order valence-electron chi connectivity index (χ4n) is 1.42. The summed E-state index contributed by atoms with van der Waals surface area (Å²) in [4.78, 5) is 11.4. The molecule has 0 bridgehead atoms. The highest BCUT2D eigenvalue weighted by Crippen LogP contribution is 2.18. The number of benzene rings is 1. The second kappa shape index (κ2) is 6.25. The van der Waals surface area contributed by atoms with Crippen LogP contribution < -0.4 is 10.1 Å². The quantitative estimate of drug-likeness (QED) is 0.808. The second-order valence-electron chi connectivity index (χ2n) is 4.21. The number of carbonyl (C=O) groups is 1. The van der Waals surface area contributed by atoms with E-state index in [1.165, 1.54) is 0 Å². The van der Waals surface area contributed by atoms with E-state index < -0.39 is 6.10 Å². The van der Waals surface area contributed by atoms with E-state index in [-0.39, 0.29) is 19.1 Å². The smallest absolute Gasteiger partial charge is 0.258 e. The number of aryl methyl sites for hydroxylation is 2. The molecule has 1 amide bonds. The molecule has 0 aliphatic rings. The SMILES string of the molecule is Cc1ccc(OCC(=O)NCC(C)O)c(C)c1. The van der Waals surface area contributed by atoms with Gasteiger partial charge in [-0.2, -0.15) is 0 Å². The van der Waals surface area contributed by atoms with Gasteiger partial charge < -0.3 is 15.2 Å². The van der Waals surface area contributed by atoms with Crippen molar-refractivity contribution in [3.05, 3.63) is 29.3 Å². The number of rotatable bonds is 5. The number of carbonyl (C=O) groups excluding carboxylic acids is 1. The van der Waals surface area contributed by atoms with Gasteiger partial charge in [0, 0.05) is 6.54 Å². The minimum absolute atomic E-state index is 0.0311. The van der Waals surface area contributed by atoms with Crippen LogP contribution in [0.2, 0.25) is 0 Å². The summed E-state index contributed by atoms with van der Waals surface area (Å²) in [5.74, 6) is 0.480. The van der Waals surface area contributed by atoms with Crippen LogP contribution in [-0.4, -0.2) is 30.3 Å². The molecule has 2 N–H and O–H groups in total. The number of ether oxygens (including phenoxy) is 1. The third-order valence-electron chi connectivity index (χ3n) is 2.28. The lowest BCUT2D eigenvalue weighted by atomic mass is 10.1. The fraction of sp³-hybridized carbons (Fsp3) is 0.462. The first-order valence-electron chi connectivity index (χ1n) is 5.64. The Hall–Kier alpha value is -1.55. The molecule has 1 aromatic rings. The topological polar surface area (TPSA) is 58.6 Å². The molecule has 0 aromatic heterocycles.